The summed E-state index contributed by atoms with van der Waals surface area (Å²) in [5.41, 5.74) is 0. The van der Waals surface area contributed by atoms with Gasteiger partial charge >= 0.3 is 0 Å². The van der Waals surface area contributed by atoms with Crippen LogP contribution in [0.15, 0.2) is 0 Å². The van der Waals surface area contributed by atoms with Gasteiger partial charge in [-0.1, -0.05) is 20.8 Å². The maximum absolute atomic E-state index is 10.8. The maximum Gasteiger partial charge on any atom is 0.265 e. The van der Waals surface area contributed by atoms with Crippen LogP contribution in [0.25, 0.3) is 0 Å². The molecule has 1 fully saturated rings. The standard InChI is InChI=1S/C10H20O3S/c1-7-4-9(3)10(5-8(7)2)6-14(11,12)13/h7-10H,4-6H2,1-3H3,(H,11,12,13). The van der Waals surface area contributed by atoms with Crippen molar-refractivity contribution < 1.29 is 13.0 Å². The summed E-state index contributed by atoms with van der Waals surface area (Å²) in [4.78, 5) is 0. The summed E-state index contributed by atoms with van der Waals surface area (Å²) in [6.45, 7) is 6.45. The van der Waals surface area contributed by atoms with Gasteiger partial charge in [0.25, 0.3) is 10.1 Å². The van der Waals surface area contributed by atoms with Gasteiger partial charge in [0.15, 0.2) is 0 Å². The Bertz CT molecular complexity index is 284. The number of hydrogen-bond donors (Lipinski definition) is 1. The second-order valence-electron chi connectivity index (χ2n) is 4.91. The van der Waals surface area contributed by atoms with E-state index < -0.39 is 10.1 Å². The fourth-order valence-corrected chi connectivity index (χ4v) is 3.46. The first-order valence-electron chi connectivity index (χ1n) is 5.24. The summed E-state index contributed by atoms with van der Waals surface area (Å²) in [7, 11) is -3.80. The largest absolute Gasteiger partial charge is 0.286 e. The van der Waals surface area contributed by atoms with Crippen molar-refractivity contribution in [1.29, 1.82) is 0 Å². The van der Waals surface area contributed by atoms with E-state index in [1.165, 1.54) is 0 Å². The Balaban J connectivity index is 2.62. The molecule has 1 N–H and O–H groups in total. The summed E-state index contributed by atoms with van der Waals surface area (Å²) >= 11 is 0. The molecule has 1 aliphatic rings. The Morgan fingerprint density at radius 3 is 2.07 bits per heavy atom. The topological polar surface area (TPSA) is 54.4 Å². The molecule has 0 amide bonds. The Hall–Kier alpha value is -0.0900. The molecule has 0 aliphatic heterocycles. The van der Waals surface area contributed by atoms with Crippen molar-refractivity contribution in [2.45, 2.75) is 33.6 Å². The molecule has 0 aromatic rings. The third kappa shape index (κ3) is 3.24. The van der Waals surface area contributed by atoms with Gasteiger partial charge in [-0.3, -0.25) is 4.55 Å². The summed E-state index contributed by atoms with van der Waals surface area (Å²) in [6.07, 6.45) is 1.99. The minimum absolute atomic E-state index is 0.0643. The average molecular weight is 220 g/mol. The molecular weight excluding hydrogens is 200 g/mol. The van der Waals surface area contributed by atoms with Gasteiger partial charge in [0.05, 0.1) is 5.75 Å². The van der Waals surface area contributed by atoms with E-state index in [0.717, 1.165) is 12.8 Å². The molecule has 0 bridgehead atoms. The van der Waals surface area contributed by atoms with Crippen LogP contribution < -0.4 is 0 Å². The highest BCUT2D eigenvalue weighted by molar-refractivity contribution is 7.85. The van der Waals surface area contributed by atoms with Gasteiger partial charge in [-0.15, -0.1) is 0 Å². The van der Waals surface area contributed by atoms with Crippen LogP contribution in [0.2, 0.25) is 0 Å². The van der Waals surface area contributed by atoms with E-state index in [2.05, 4.69) is 20.8 Å². The zero-order valence-corrected chi connectivity index (χ0v) is 9.92. The molecule has 0 aromatic carbocycles. The maximum atomic E-state index is 10.8. The van der Waals surface area contributed by atoms with Crippen molar-refractivity contribution in [3.05, 3.63) is 0 Å². The van der Waals surface area contributed by atoms with E-state index in [-0.39, 0.29) is 11.7 Å². The summed E-state index contributed by atoms with van der Waals surface area (Å²) in [5.74, 6) is 1.71. The molecule has 84 valence electrons. The van der Waals surface area contributed by atoms with Crippen molar-refractivity contribution in [1.82, 2.24) is 0 Å². The third-order valence-corrected chi connectivity index (χ3v) is 4.47. The van der Waals surface area contributed by atoms with Gasteiger partial charge in [-0.25, -0.2) is 0 Å². The molecule has 1 aliphatic carbocycles. The molecule has 4 atom stereocenters. The van der Waals surface area contributed by atoms with Gasteiger partial charge in [-0.2, -0.15) is 8.42 Å². The van der Waals surface area contributed by atoms with Crippen LogP contribution in [-0.4, -0.2) is 18.7 Å². The van der Waals surface area contributed by atoms with Crippen molar-refractivity contribution in [2.24, 2.45) is 23.7 Å². The summed E-state index contributed by atoms with van der Waals surface area (Å²) in [5, 5.41) is 0. The van der Waals surface area contributed by atoms with E-state index in [9.17, 15) is 8.42 Å². The fourth-order valence-electron chi connectivity index (χ4n) is 2.46. The van der Waals surface area contributed by atoms with E-state index in [1.807, 2.05) is 0 Å². The smallest absolute Gasteiger partial charge is 0.265 e. The van der Waals surface area contributed by atoms with Crippen LogP contribution in [0.4, 0.5) is 0 Å². The molecule has 1 saturated carbocycles. The fraction of sp³-hybridized carbons (Fsp3) is 1.00. The van der Waals surface area contributed by atoms with Crippen LogP contribution >= 0.6 is 0 Å². The highest BCUT2D eigenvalue weighted by Crippen LogP contribution is 2.37. The van der Waals surface area contributed by atoms with Gasteiger partial charge in [0.2, 0.25) is 0 Å². The molecular formula is C10H20O3S. The molecule has 3 nitrogen and oxygen atoms in total. The van der Waals surface area contributed by atoms with Gasteiger partial charge in [-0.05, 0) is 36.5 Å². The van der Waals surface area contributed by atoms with E-state index in [4.69, 9.17) is 4.55 Å². The van der Waals surface area contributed by atoms with Crippen LogP contribution in [-0.2, 0) is 10.1 Å². The molecule has 0 saturated heterocycles. The quantitative estimate of drug-likeness (QED) is 0.726. The number of rotatable bonds is 2. The van der Waals surface area contributed by atoms with Crippen molar-refractivity contribution in [3.8, 4) is 0 Å². The van der Waals surface area contributed by atoms with Gasteiger partial charge < -0.3 is 0 Å². The van der Waals surface area contributed by atoms with E-state index >= 15 is 0 Å². The minimum Gasteiger partial charge on any atom is -0.286 e. The van der Waals surface area contributed by atoms with Crippen LogP contribution in [0.1, 0.15) is 33.6 Å². The molecule has 0 radical (unpaired) electrons. The molecule has 0 aromatic heterocycles. The van der Waals surface area contributed by atoms with Crippen molar-refractivity contribution in [3.63, 3.8) is 0 Å². The van der Waals surface area contributed by atoms with Crippen LogP contribution in [0.5, 0.6) is 0 Å². The number of hydrogen-bond acceptors (Lipinski definition) is 2. The Kier molecular flexibility index (Phi) is 3.58. The first-order chi connectivity index (χ1) is 6.29. The monoisotopic (exact) mass is 220 g/mol. The second-order valence-corrected chi connectivity index (χ2v) is 6.41. The predicted octanol–water partition coefficient (Wildman–Crippen LogP) is 2.19. The molecule has 4 unspecified atom stereocenters. The predicted molar refractivity (Wildman–Crippen MR) is 56.6 cm³/mol. The zero-order valence-electron chi connectivity index (χ0n) is 9.10. The molecule has 14 heavy (non-hydrogen) atoms. The van der Waals surface area contributed by atoms with Crippen molar-refractivity contribution in [2.75, 3.05) is 5.75 Å². The Morgan fingerprint density at radius 1 is 1.07 bits per heavy atom. The summed E-state index contributed by atoms with van der Waals surface area (Å²) in [6, 6.07) is 0. The zero-order chi connectivity index (χ0) is 10.9. The van der Waals surface area contributed by atoms with Gasteiger partial charge in [0.1, 0.15) is 0 Å². The minimum atomic E-state index is -3.80. The highest BCUT2D eigenvalue weighted by atomic mass is 32.2. The molecule has 0 heterocycles. The molecule has 0 spiro atoms. The van der Waals surface area contributed by atoms with Crippen LogP contribution in [0, 0.1) is 23.7 Å². The Labute approximate surface area is 86.6 Å². The first-order valence-corrected chi connectivity index (χ1v) is 6.85. The van der Waals surface area contributed by atoms with E-state index in [0.29, 0.717) is 17.8 Å². The lowest BCUT2D eigenvalue weighted by Gasteiger charge is -2.36. The Morgan fingerprint density at radius 2 is 1.57 bits per heavy atom. The normalized spacial score (nSPS) is 39.7. The SMILES string of the molecule is CC1CC(C)C(CS(=O)(=O)O)CC1C. The van der Waals surface area contributed by atoms with E-state index in [1.54, 1.807) is 0 Å². The van der Waals surface area contributed by atoms with Crippen molar-refractivity contribution >= 4 is 10.1 Å². The lowest BCUT2D eigenvalue weighted by Crippen LogP contribution is -2.32. The summed E-state index contributed by atoms with van der Waals surface area (Å²) < 4.78 is 30.4. The lowest BCUT2D eigenvalue weighted by atomic mass is 9.71. The highest BCUT2D eigenvalue weighted by Gasteiger charge is 2.32. The molecule has 1 rings (SSSR count). The van der Waals surface area contributed by atoms with Crippen LogP contribution in [0.3, 0.4) is 0 Å². The molecule has 4 heteroatoms. The first kappa shape index (κ1) is 12.0. The van der Waals surface area contributed by atoms with Gasteiger partial charge in [0, 0.05) is 0 Å². The lowest BCUT2D eigenvalue weighted by molar-refractivity contribution is 0.157. The average Bonchev–Trinajstić information content (AvgIpc) is 1.97. The third-order valence-electron chi connectivity index (χ3n) is 3.62. The second kappa shape index (κ2) is 4.19.